The highest BCUT2D eigenvalue weighted by atomic mass is 35.5. The molecule has 0 saturated carbocycles. The van der Waals surface area contributed by atoms with Gasteiger partial charge in [0.05, 0.1) is 6.61 Å². The smallest absolute Gasteiger partial charge is 0.348 e. The van der Waals surface area contributed by atoms with Crippen molar-refractivity contribution in [2.24, 2.45) is 0 Å². The summed E-state index contributed by atoms with van der Waals surface area (Å²) < 4.78 is 6.33. The Morgan fingerprint density at radius 1 is 1.03 bits per heavy atom. The van der Waals surface area contributed by atoms with Crippen LogP contribution in [0.1, 0.15) is 28.6 Å². The highest BCUT2D eigenvalue weighted by molar-refractivity contribution is 7.20. The van der Waals surface area contributed by atoms with Crippen LogP contribution in [-0.4, -0.2) is 50.2 Å². The van der Waals surface area contributed by atoms with Crippen LogP contribution in [0.2, 0.25) is 0 Å². The van der Waals surface area contributed by atoms with E-state index in [2.05, 4.69) is 58.3 Å². The molecule has 0 N–H and O–H groups in total. The summed E-state index contributed by atoms with van der Waals surface area (Å²) >= 11 is 1.52. The van der Waals surface area contributed by atoms with Gasteiger partial charge in [0.25, 0.3) is 0 Å². The lowest BCUT2D eigenvalue weighted by molar-refractivity contribution is 0.0532. The van der Waals surface area contributed by atoms with Crippen molar-refractivity contribution in [1.29, 1.82) is 0 Å². The number of piperazine rings is 1. The maximum absolute atomic E-state index is 12.1. The number of hydrogen-bond acceptors (Lipinski definition) is 5. The van der Waals surface area contributed by atoms with Crippen molar-refractivity contribution >= 4 is 45.5 Å². The van der Waals surface area contributed by atoms with Crippen LogP contribution in [0.25, 0.3) is 10.1 Å². The summed E-state index contributed by atoms with van der Waals surface area (Å²) in [5.41, 5.74) is 2.66. The number of nitrogens with zero attached hydrogens (tertiary/aromatic N) is 2. The second-order valence-corrected chi connectivity index (χ2v) is 8.52. The number of thiophene rings is 1. The SMILES string of the molecule is CCOC(=O)c1cc2c(N3CCN(CCCc4ccccc4)CC3)cccc2s1.Cl. The molecule has 0 spiro atoms. The van der Waals surface area contributed by atoms with E-state index < -0.39 is 0 Å². The molecule has 1 aliphatic heterocycles. The minimum absolute atomic E-state index is 0. The molecule has 0 bridgehead atoms. The number of aryl methyl sites for hydroxylation is 1. The van der Waals surface area contributed by atoms with E-state index in [1.165, 1.54) is 29.0 Å². The van der Waals surface area contributed by atoms with E-state index in [-0.39, 0.29) is 18.4 Å². The number of anilines is 1. The standard InChI is InChI=1S/C24H28N2O2S.ClH/c1-2-28-24(27)23-18-20-21(11-6-12-22(20)29-23)26-16-14-25(15-17-26)13-7-10-19-8-4-3-5-9-19;/h3-6,8-9,11-12,18H,2,7,10,13-17H2,1H3;1H. The molecule has 1 aromatic heterocycles. The van der Waals surface area contributed by atoms with E-state index in [1.54, 1.807) is 0 Å². The zero-order valence-electron chi connectivity index (χ0n) is 17.4. The Morgan fingerprint density at radius 2 is 1.80 bits per heavy atom. The van der Waals surface area contributed by atoms with Crippen molar-refractivity contribution in [2.75, 3.05) is 44.2 Å². The van der Waals surface area contributed by atoms with Gasteiger partial charge in [-0.1, -0.05) is 36.4 Å². The monoisotopic (exact) mass is 444 g/mol. The van der Waals surface area contributed by atoms with E-state index in [4.69, 9.17) is 4.74 Å². The van der Waals surface area contributed by atoms with Gasteiger partial charge in [-0.3, -0.25) is 4.90 Å². The lowest BCUT2D eigenvalue weighted by Gasteiger charge is -2.36. The highest BCUT2D eigenvalue weighted by Crippen LogP contribution is 2.34. The normalized spacial score (nSPS) is 14.5. The fraction of sp³-hybridized carbons (Fsp3) is 0.375. The summed E-state index contributed by atoms with van der Waals surface area (Å²) in [5.74, 6) is -0.220. The first-order valence-corrected chi connectivity index (χ1v) is 11.3. The van der Waals surface area contributed by atoms with Crippen molar-refractivity contribution in [1.82, 2.24) is 4.90 Å². The second-order valence-electron chi connectivity index (χ2n) is 7.44. The number of carbonyl (C=O) groups is 1. The second kappa shape index (κ2) is 10.8. The van der Waals surface area contributed by atoms with Gasteiger partial charge < -0.3 is 9.64 Å². The van der Waals surface area contributed by atoms with Gasteiger partial charge in [-0.05, 0) is 50.1 Å². The lowest BCUT2D eigenvalue weighted by Crippen LogP contribution is -2.46. The van der Waals surface area contributed by atoms with Crippen LogP contribution in [-0.2, 0) is 11.2 Å². The Bertz CT molecular complexity index is 952. The number of benzene rings is 2. The zero-order chi connectivity index (χ0) is 20.1. The molecule has 0 amide bonds. The molecule has 2 aromatic carbocycles. The summed E-state index contributed by atoms with van der Waals surface area (Å²) in [6.45, 7) is 7.62. The third-order valence-electron chi connectivity index (χ3n) is 5.51. The summed E-state index contributed by atoms with van der Waals surface area (Å²) in [4.78, 5) is 17.8. The van der Waals surface area contributed by atoms with E-state index in [0.29, 0.717) is 11.5 Å². The topological polar surface area (TPSA) is 32.8 Å². The van der Waals surface area contributed by atoms with Gasteiger partial charge in [-0.25, -0.2) is 4.79 Å². The summed E-state index contributed by atoms with van der Waals surface area (Å²) in [5, 5.41) is 1.16. The van der Waals surface area contributed by atoms with Crippen LogP contribution in [0.5, 0.6) is 0 Å². The molecule has 3 aromatic rings. The Hall–Kier alpha value is -2.08. The molecule has 0 atom stereocenters. The van der Waals surface area contributed by atoms with E-state index in [9.17, 15) is 4.79 Å². The predicted molar refractivity (Wildman–Crippen MR) is 128 cm³/mol. The van der Waals surface area contributed by atoms with Crippen molar-refractivity contribution in [2.45, 2.75) is 19.8 Å². The number of fused-ring (bicyclic) bond motifs is 1. The first kappa shape index (κ1) is 22.6. The Balaban J connectivity index is 0.00000256. The fourth-order valence-electron chi connectivity index (χ4n) is 3.99. The van der Waals surface area contributed by atoms with Gasteiger partial charge in [-0.2, -0.15) is 0 Å². The molecule has 2 heterocycles. The largest absolute Gasteiger partial charge is 0.462 e. The van der Waals surface area contributed by atoms with Crippen LogP contribution in [0.4, 0.5) is 5.69 Å². The van der Waals surface area contributed by atoms with Crippen molar-refractivity contribution in [3.63, 3.8) is 0 Å². The van der Waals surface area contributed by atoms with Crippen LogP contribution in [0.3, 0.4) is 0 Å². The van der Waals surface area contributed by atoms with E-state index >= 15 is 0 Å². The fourth-order valence-corrected chi connectivity index (χ4v) is 4.96. The van der Waals surface area contributed by atoms with Gasteiger partial charge in [0.2, 0.25) is 0 Å². The summed E-state index contributed by atoms with van der Waals surface area (Å²) in [7, 11) is 0. The third-order valence-corrected chi connectivity index (χ3v) is 6.59. The molecular formula is C24H29ClN2O2S. The number of rotatable bonds is 7. The van der Waals surface area contributed by atoms with Gasteiger partial charge in [-0.15, -0.1) is 23.7 Å². The average Bonchev–Trinajstić information content (AvgIpc) is 3.20. The van der Waals surface area contributed by atoms with Crippen molar-refractivity contribution in [3.8, 4) is 0 Å². The Kier molecular flexibility index (Phi) is 8.14. The van der Waals surface area contributed by atoms with Gasteiger partial charge >= 0.3 is 5.97 Å². The highest BCUT2D eigenvalue weighted by Gasteiger charge is 2.20. The van der Waals surface area contributed by atoms with Gasteiger partial charge in [0.1, 0.15) is 4.88 Å². The van der Waals surface area contributed by atoms with Crippen LogP contribution in [0, 0.1) is 0 Å². The predicted octanol–water partition coefficient (Wildman–Crippen LogP) is 5.25. The average molecular weight is 445 g/mol. The number of esters is 1. The minimum atomic E-state index is -0.220. The van der Waals surface area contributed by atoms with Crippen molar-refractivity contribution in [3.05, 3.63) is 65.0 Å². The first-order chi connectivity index (χ1) is 14.2. The molecule has 4 nitrogen and oxygen atoms in total. The first-order valence-electron chi connectivity index (χ1n) is 10.5. The Morgan fingerprint density at radius 3 is 2.53 bits per heavy atom. The molecule has 160 valence electrons. The number of halogens is 1. The number of ether oxygens (including phenoxy) is 1. The molecule has 4 rings (SSSR count). The van der Waals surface area contributed by atoms with Gasteiger partial charge in [0, 0.05) is 42.0 Å². The zero-order valence-corrected chi connectivity index (χ0v) is 19.0. The van der Waals surface area contributed by atoms with Crippen LogP contribution < -0.4 is 4.90 Å². The minimum Gasteiger partial charge on any atom is -0.462 e. The molecular weight excluding hydrogens is 416 g/mol. The summed E-state index contributed by atoms with van der Waals surface area (Å²) in [6.07, 6.45) is 2.35. The van der Waals surface area contributed by atoms with Crippen molar-refractivity contribution < 1.29 is 9.53 Å². The quantitative estimate of drug-likeness (QED) is 0.465. The molecule has 1 saturated heterocycles. The molecule has 0 aliphatic carbocycles. The molecule has 0 unspecified atom stereocenters. The molecule has 1 aliphatic rings. The third kappa shape index (κ3) is 5.34. The maximum atomic E-state index is 12.1. The summed E-state index contributed by atoms with van der Waals surface area (Å²) in [6, 6.07) is 19.1. The lowest BCUT2D eigenvalue weighted by atomic mass is 10.1. The maximum Gasteiger partial charge on any atom is 0.348 e. The Labute approximate surface area is 188 Å². The van der Waals surface area contributed by atoms with E-state index in [0.717, 1.165) is 49.2 Å². The number of hydrogen-bond donors (Lipinski definition) is 0. The van der Waals surface area contributed by atoms with Crippen LogP contribution in [0.15, 0.2) is 54.6 Å². The molecule has 0 radical (unpaired) electrons. The van der Waals surface area contributed by atoms with E-state index in [1.807, 2.05) is 13.0 Å². The van der Waals surface area contributed by atoms with Crippen LogP contribution >= 0.6 is 23.7 Å². The number of carbonyl (C=O) groups excluding carboxylic acids is 1. The molecule has 30 heavy (non-hydrogen) atoms. The molecule has 1 fully saturated rings. The molecule has 6 heteroatoms. The van der Waals surface area contributed by atoms with Gasteiger partial charge in [0.15, 0.2) is 0 Å².